The second-order valence-corrected chi connectivity index (χ2v) is 3.98. The van der Waals surface area contributed by atoms with Gasteiger partial charge in [-0.1, -0.05) is 0 Å². The van der Waals surface area contributed by atoms with Gasteiger partial charge in [0.2, 0.25) is 0 Å². The lowest BCUT2D eigenvalue weighted by Crippen LogP contribution is -2.17. The number of aromatic nitrogens is 2. The largest absolute Gasteiger partial charge is 0.476 e. The van der Waals surface area contributed by atoms with Gasteiger partial charge in [0, 0.05) is 18.0 Å². The van der Waals surface area contributed by atoms with Gasteiger partial charge in [-0.05, 0) is 30.7 Å². The van der Waals surface area contributed by atoms with Crippen LogP contribution in [0.1, 0.15) is 26.4 Å². The van der Waals surface area contributed by atoms with Crippen molar-refractivity contribution >= 4 is 17.7 Å². The number of nitrogens with zero attached hydrogens (tertiary/aromatic N) is 2. The Morgan fingerprint density at radius 3 is 2.60 bits per heavy atom. The van der Waals surface area contributed by atoms with Gasteiger partial charge in [0.15, 0.2) is 11.5 Å². The Labute approximate surface area is 113 Å². The Kier molecular flexibility index (Phi) is 3.69. The fraction of sp³-hybridized carbons (Fsp3) is 0.0769. The molecule has 0 bridgehead atoms. The van der Waals surface area contributed by atoms with Gasteiger partial charge in [0.1, 0.15) is 5.82 Å². The fourth-order valence-electron chi connectivity index (χ4n) is 1.55. The molecule has 0 unspecified atom stereocenters. The molecule has 0 aliphatic rings. The van der Waals surface area contributed by atoms with Crippen molar-refractivity contribution in [2.75, 3.05) is 5.32 Å². The molecule has 0 fully saturated rings. The van der Waals surface area contributed by atoms with Gasteiger partial charge >= 0.3 is 5.97 Å². The minimum absolute atomic E-state index is 0.160. The third-order valence-electron chi connectivity index (χ3n) is 2.55. The molecule has 0 radical (unpaired) electrons. The van der Waals surface area contributed by atoms with Crippen LogP contribution >= 0.6 is 0 Å². The summed E-state index contributed by atoms with van der Waals surface area (Å²) in [7, 11) is 0. The Hall–Kier alpha value is -2.83. The number of aryl methyl sites for hydroxylation is 1. The first kappa shape index (κ1) is 13.6. The van der Waals surface area contributed by atoms with Gasteiger partial charge in [-0.15, -0.1) is 0 Å². The first-order valence-corrected chi connectivity index (χ1v) is 5.61. The second kappa shape index (κ2) is 5.43. The van der Waals surface area contributed by atoms with Crippen LogP contribution in [0.2, 0.25) is 0 Å². The molecule has 0 aliphatic carbocycles. The Morgan fingerprint density at radius 2 is 1.95 bits per heavy atom. The van der Waals surface area contributed by atoms with Crippen LogP contribution in [0, 0.1) is 12.7 Å². The van der Waals surface area contributed by atoms with Gasteiger partial charge in [-0.25, -0.2) is 19.2 Å². The monoisotopic (exact) mass is 275 g/mol. The standard InChI is InChI=1S/C13H10FN3O3/c1-7-6-8(2-3-9(7)14)12(18)17-11-10(13(19)20)15-4-5-16-11/h2-6H,1H3,(H,19,20)(H,16,17,18). The molecule has 0 saturated heterocycles. The zero-order valence-electron chi connectivity index (χ0n) is 10.4. The van der Waals surface area contributed by atoms with E-state index >= 15 is 0 Å². The first-order valence-electron chi connectivity index (χ1n) is 5.61. The lowest BCUT2D eigenvalue weighted by Gasteiger charge is -2.07. The highest BCUT2D eigenvalue weighted by atomic mass is 19.1. The third-order valence-corrected chi connectivity index (χ3v) is 2.55. The summed E-state index contributed by atoms with van der Waals surface area (Å²) < 4.78 is 13.1. The molecule has 7 heteroatoms. The molecule has 6 nitrogen and oxygen atoms in total. The number of nitrogens with one attached hydrogen (secondary N) is 1. The molecule has 0 saturated carbocycles. The molecular formula is C13H10FN3O3. The first-order chi connectivity index (χ1) is 9.49. The van der Waals surface area contributed by atoms with E-state index in [0.717, 1.165) is 0 Å². The van der Waals surface area contributed by atoms with Gasteiger partial charge in [-0.2, -0.15) is 0 Å². The Balaban J connectivity index is 2.28. The number of aromatic carboxylic acids is 1. The van der Waals surface area contributed by atoms with Crippen molar-refractivity contribution < 1.29 is 19.1 Å². The van der Waals surface area contributed by atoms with Gasteiger partial charge in [-0.3, -0.25) is 4.79 Å². The average molecular weight is 275 g/mol. The molecule has 0 spiro atoms. The molecule has 2 aromatic rings. The summed E-state index contributed by atoms with van der Waals surface area (Å²) in [6, 6.07) is 3.83. The van der Waals surface area contributed by atoms with Crippen LogP contribution in [0.15, 0.2) is 30.6 Å². The lowest BCUT2D eigenvalue weighted by atomic mass is 10.1. The fourth-order valence-corrected chi connectivity index (χ4v) is 1.55. The molecule has 0 atom stereocenters. The quantitative estimate of drug-likeness (QED) is 0.892. The normalized spacial score (nSPS) is 10.1. The van der Waals surface area contributed by atoms with Crippen molar-refractivity contribution in [3.05, 3.63) is 53.2 Å². The number of carbonyl (C=O) groups excluding carboxylic acids is 1. The molecule has 1 heterocycles. The SMILES string of the molecule is Cc1cc(C(=O)Nc2nccnc2C(=O)O)ccc1F. The van der Waals surface area contributed by atoms with E-state index in [0.29, 0.717) is 5.56 Å². The number of benzene rings is 1. The minimum Gasteiger partial charge on any atom is -0.476 e. The molecule has 2 rings (SSSR count). The van der Waals surface area contributed by atoms with Crippen molar-refractivity contribution in [2.45, 2.75) is 6.92 Å². The molecule has 1 aromatic heterocycles. The summed E-state index contributed by atoms with van der Waals surface area (Å²) in [5, 5.41) is 11.3. The van der Waals surface area contributed by atoms with Crippen molar-refractivity contribution in [3.8, 4) is 0 Å². The predicted molar refractivity (Wildman–Crippen MR) is 68.1 cm³/mol. The number of rotatable bonds is 3. The van der Waals surface area contributed by atoms with Crippen molar-refractivity contribution in [2.24, 2.45) is 0 Å². The highest BCUT2D eigenvalue weighted by Crippen LogP contribution is 2.13. The van der Waals surface area contributed by atoms with Crippen LogP contribution in [0.5, 0.6) is 0 Å². The summed E-state index contributed by atoms with van der Waals surface area (Å²) in [6.45, 7) is 1.52. The molecule has 102 valence electrons. The van der Waals surface area contributed by atoms with Crippen LogP contribution in [-0.4, -0.2) is 27.0 Å². The zero-order valence-corrected chi connectivity index (χ0v) is 10.4. The van der Waals surface area contributed by atoms with E-state index in [1.54, 1.807) is 0 Å². The molecule has 20 heavy (non-hydrogen) atoms. The number of halogens is 1. The molecule has 2 N–H and O–H groups in total. The predicted octanol–water partition coefficient (Wildman–Crippen LogP) is 1.87. The molecular weight excluding hydrogens is 265 g/mol. The van der Waals surface area contributed by atoms with Crippen molar-refractivity contribution in [1.82, 2.24) is 9.97 Å². The van der Waals surface area contributed by atoms with Crippen molar-refractivity contribution in [3.63, 3.8) is 0 Å². The topological polar surface area (TPSA) is 92.2 Å². The highest BCUT2D eigenvalue weighted by Gasteiger charge is 2.16. The maximum Gasteiger partial charge on any atom is 0.358 e. The van der Waals surface area contributed by atoms with Crippen LogP contribution in [0.4, 0.5) is 10.2 Å². The van der Waals surface area contributed by atoms with Gasteiger partial charge in [0.25, 0.3) is 5.91 Å². The van der Waals surface area contributed by atoms with Gasteiger partial charge < -0.3 is 10.4 Å². The van der Waals surface area contributed by atoms with E-state index in [1.165, 1.54) is 37.5 Å². The van der Waals surface area contributed by atoms with E-state index < -0.39 is 17.7 Å². The number of carboxylic acids is 1. The van der Waals surface area contributed by atoms with Crippen LogP contribution < -0.4 is 5.32 Å². The summed E-state index contributed by atoms with van der Waals surface area (Å²) in [5.74, 6) is -2.47. The average Bonchev–Trinajstić information content (AvgIpc) is 2.42. The van der Waals surface area contributed by atoms with E-state index in [1.807, 2.05) is 0 Å². The lowest BCUT2D eigenvalue weighted by molar-refractivity contribution is 0.0691. The summed E-state index contributed by atoms with van der Waals surface area (Å²) in [4.78, 5) is 30.3. The van der Waals surface area contributed by atoms with E-state index in [2.05, 4.69) is 15.3 Å². The van der Waals surface area contributed by atoms with E-state index in [9.17, 15) is 14.0 Å². The van der Waals surface area contributed by atoms with Crippen LogP contribution in [-0.2, 0) is 0 Å². The summed E-state index contributed by atoms with van der Waals surface area (Å²) in [6.07, 6.45) is 2.47. The summed E-state index contributed by atoms with van der Waals surface area (Å²) in [5.41, 5.74) is 0.154. The molecule has 1 aromatic carbocycles. The van der Waals surface area contributed by atoms with E-state index in [4.69, 9.17) is 5.11 Å². The number of anilines is 1. The maximum atomic E-state index is 13.1. The number of hydrogen-bond acceptors (Lipinski definition) is 4. The minimum atomic E-state index is -1.30. The molecule has 0 aliphatic heterocycles. The second-order valence-electron chi connectivity index (χ2n) is 3.98. The number of amides is 1. The van der Waals surface area contributed by atoms with Crippen LogP contribution in [0.25, 0.3) is 0 Å². The van der Waals surface area contributed by atoms with Crippen molar-refractivity contribution in [1.29, 1.82) is 0 Å². The smallest absolute Gasteiger partial charge is 0.358 e. The van der Waals surface area contributed by atoms with E-state index in [-0.39, 0.29) is 17.1 Å². The zero-order chi connectivity index (χ0) is 14.7. The number of carbonyl (C=O) groups is 2. The van der Waals surface area contributed by atoms with Gasteiger partial charge in [0.05, 0.1) is 0 Å². The Bertz CT molecular complexity index is 688. The Morgan fingerprint density at radius 1 is 1.25 bits per heavy atom. The highest BCUT2D eigenvalue weighted by molar-refractivity contribution is 6.06. The summed E-state index contributed by atoms with van der Waals surface area (Å²) >= 11 is 0. The van der Waals surface area contributed by atoms with Crippen LogP contribution in [0.3, 0.4) is 0 Å². The maximum absolute atomic E-state index is 13.1. The third kappa shape index (κ3) is 2.77. The number of carboxylic acid groups (broad SMARTS) is 1. The molecule has 1 amide bonds. The number of hydrogen-bond donors (Lipinski definition) is 2.